The minimum atomic E-state index is -0.445. The van der Waals surface area contributed by atoms with Gasteiger partial charge in [-0.05, 0) is 35.6 Å². The third kappa shape index (κ3) is 4.08. The van der Waals surface area contributed by atoms with E-state index in [4.69, 9.17) is 10.5 Å². The number of nitrogens with zero attached hydrogens (tertiary/aromatic N) is 2. The van der Waals surface area contributed by atoms with E-state index >= 15 is 0 Å². The molecule has 1 amide bonds. The van der Waals surface area contributed by atoms with Crippen molar-refractivity contribution in [2.24, 2.45) is 11.7 Å². The van der Waals surface area contributed by atoms with E-state index in [-0.39, 0.29) is 11.8 Å². The van der Waals surface area contributed by atoms with Crippen LogP contribution in [0.5, 0.6) is 5.88 Å². The van der Waals surface area contributed by atoms with Gasteiger partial charge in [-0.3, -0.25) is 9.89 Å². The Bertz CT molecular complexity index is 1210. The second-order valence-corrected chi connectivity index (χ2v) is 8.34. The van der Waals surface area contributed by atoms with Gasteiger partial charge in [0.1, 0.15) is 11.6 Å². The van der Waals surface area contributed by atoms with E-state index in [9.17, 15) is 10.1 Å². The van der Waals surface area contributed by atoms with Crippen molar-refractivity contribution < 1.29 is 9.53 Å². The summed E-state index contributed by atoms with van der Waals surface area (Å²) >= 11 is 0. The molecule has 0 saturated carbocycles. The minimum absolute atomic E-state index is 0.0428. The van der Waals surface area contributed by atoms with Crippen molar-refractivity contribution >= 4 is 11.6 Å². The average molecular weight is 428 g/mol. The first kappa shape index (κ1) is 21.2. The van der Waals surface area contributed by atoms with E-state index in [1.54, 1.807) is 12.1 Å². The van der Waals surface area contributed by atoms with Crippen molar-refractivity contribution in [2.45, 2.75) is 33.1 Å². The molecule has 1 unspecified atom stereocenters. The van der Waals surface area contributed by atoms with Crippen LogP contribution in [-0.4, -0.2) is 16.1 Å². The summed E-state index contributed by atoms with van der Waals surface area (Å²) in [5.74, 6) is 0.385. The Morgan fingerprint density at radius 1 is 1.22 bits per heavy atom. The van der Waals surface area contributed by atoms with Crippen LogP contribution < -0.4 is 15.8 Å². The van der Waals surface area contributed by atoms with Crippen LogP contribution in [0.15, 0.2) is 60.0 Å². The van der Waals surface area contributed by atoms with Crippen LogP contribution in [-0.2, 0) is 11.2 Å². The first-order valence-electron chi connectivity index (χ1n) is 10.5. The molecule has 0 bridgehead atoms. The van der Waals surface area contributed by atoms with E-state index in [0.717, 1.165) is 28.8 Å². The lowest BCUT2D eigenvalue weighted by atomic mass is 9.83. The number of nitrogens with one attached hydrogen (secondary N) is 2. The van der Waals surface area contributed by atoms with Crippen molar-refractivity contribution in [3.63, 3.8) is 0 Å². The third-order valence-electron chi connectivity index (χ3n) is 5.39. The lowest BCUT2D eigenvalue weighted by Crippen LogP contribution is -2.21. The molecule has 0 aliphatic carbocycles. The summed E-state index contributed by atoms with van der Waals surface area (Å²) in [6, 6.07) is 17.9. The van der Waals surface area contributed by atoms with Crippen molar-refractivity contribution in [2.75, 3.05) is 5.32 Å². The van der Waals surface area contributed by atoms with Crippen molar-refractivity contribution in [3.05, 3.63) is 76.7 Å². The van der Waals surface area contributed by atoms with Gasteiger partial charge in [0.2, 0.25) is 17.7 Å². The van der Waals surface area contributed by atoms with Gasteiger partial charge in [0, 0.05) is 18.2 Å². The second-order valence-electron chi connectivity index (χ2n) is 8.34. The Labute approximate surface area is 186 Å². The summed E-state index contributed by atoms with van der Waals surface area (Å²) in [5.41, 5.74) is 11.7. The molecule has 7 nitrogen and oxygen atoms in total. The first-order chi connectivity index (χ1) is 15.4. The number of anilines is 1. The van der Waals surface area contributed by atoms with E-state index in [2.05, 4.69) is 59.7 Å². The van der Waals surface area contributed by atoms with Gasteiger partial charge in [-0.2, -0.15) is 5.26 Å². The molecule has 162 valence electrons. The number of nitrogens with two attached hydrogens (primary N) is 1. The summed E-state index contributed by atoms with van der Waals surface area (Å²) in [5, 5.41) is 20.0. The van der Waals surface area contributed by atoms with Gasteiger partial charge in [-0.1, -0.05) is 50.2 Å². The van der Waals surface area contributed by atoms with Gasteiger partial charge in [0.05, 0.1) is 17.2 Å². The number of H-pyrrole nitrogens is 1. The van der Waals surface area contributed by atoms with Crippen molar-refractivity contribution in [1.82, 2.24) is 10.2 Å². The quantitative estimate of drug-likeness (QED) is 0.556. The Kier molecular flexibility index (Phi) is 5.69. The van der Waals surface area contributed by atoms with Crippen LogP contribution in [0, 0.1) is 17.2 Å². The SMILES string of the molecule is CC(=O)Nc1ccc(C2C(C#N)=C(N)Oc3n[nH]c(-c4ccc(CC(C)C)cc4)c32)cc1. The third-order valence-corrected chi connectivity index (χ3v) is 5.39. The van der Waals surface area contributed by atoms with Gasteiger partial charge in [-0.25, -0.2) is 0 Å². The fraction of sp³-hybridized carbons (Fsp3) is 0.240. The maximum absolute atomic E-state index is 11.3. The molecule has 7 heteroatoms. The Morgan fingerprint density at radius 2 is 1.91 bits per heavy atom. The minimum Gasteiger partial charge on any atom is -0.420 e. The molecule has 4 N–H and O–H groups in total. The standard InChI is InChI=1S/C25H25N5O2/c1-14(2)12-16-4-6-18(7-5-16)23-22-21(17-8-10-19(11-9-17)28-15(3)31)20(13-26)24(27)32-25(22)30-29-23/h4-11,14,21H,12,27H2,1-3H3,(H,28,31)(H,29,30). The predicted molar refractivity (Wildman–Crippen MR) is 123 cm³/mol. The fourth-order valence-electron chi connectivity index (χ4n) is 4.04. The average Bonchev–Trinajstić information content (AvgIpc) is 3.16. The second kappa shape index (κ2) is 8.60. The molecule has 3 aromatic rings. The summed E-state index contributed by atoms with van der Waals surface area (Å²) in [6.07, 6.45) is 1.01. The number of carbonyl (C=O) groups is 1. The van der Waals surface area contributed by atoms with Crippen LogP contribution >= 0.6 is 0 Å². The number of hydrogen-bond donors (Lipinski definition) is 3. The van der Waals surface area contributed by atoms with E-state index < -0.39 is 5.92 Å². The fourth-order valence-corrected chi connectivity index (χ4v) is 4.04. The lowest BCUT2D eigenvalue weighted by Gasteiger charge is -2.24. The highest BCUT2D eigenvalue weighted by atomic mass is 16.5. The zero-order chi connectivity index (χ0) is 22.8. The number of fused-ring (bicyclic) bond motifs is 1. The Hall–Kier alpha value is -4.05. The van der Waals surface area contributed by atoms with Gasteiger partial charge in [-0.15, -0.1) is 5.10 Å². The number of benzene rings is 2. The summed E-state index contributed by atoms with van der Waals surface area (Å²) in [7, 11) is 0. The first-order valence-corrected chi connectivity index (χ1v) is 10.5. The molecule has 32 heavy (non-hydrogen) atoms. The van der Waals surface area contributed by atoms with Gasteiger partial charge in [0.25, 0.3) is 0 Å². The van der Waals surface area contributed by atoms with Crippen LogP contribution in [0.4, 0.5) is 5.69 Å². The molecule has 0 saturated heterocycles. The molecular formula is C25H25N5O2. The molecule has 1 aliphatic heterocycles. The van der Waals surface area contributed by atoms with E-state index in [1.807, 2.05) is 12.1 Å². The normalized spacial score (nSPS) is 15.2. The zero-order valence-corrected chi connectivity index (χ0v) is 18.3. The summed E-state index contributed by atoms with van der Waals surface area (Å²) in [6.45, 7) is 5.84. The maximum Gasteiger partial charge on any atom is 0.244 e. The van der Waals surface area contributed by atoms with E-state index in [0.29, 0.717) is 23.1 Å². The molecule has 0 radical (unpaired) electrons. The molecular weight excluding hydrogens is 402 g/mol. The van der Waals surface area contributed by atoms with Gasteiger partial charge >= 0.3 is 0 Å². The summed E-state index contributed by atoms with van der Waals surface area (Å²) < 4.78 is 5.68. The number of aromatic nitrogens is 2. The number of carbonyl (C=O) groups excluding carboxylic acids is 1. The molecule has 4 rings (SSSR count). The van der Waals surface area contributed by atoms with Gasteiger partial charge < -0.3 is 15.8 Å². The number of rotatable bonds is 5. The predicted octanol–water partition coefficient (Wildman–Crippen LogP) is 4.45. The van der Waals surface area contributed by atoms with E-state index in [1.165, 1.54) is 12.5 Å². The Morgan fingerprint density at radius 3 is 2.50 bits per heavy atom. The van der Waals surface area contributed by atoms with Crippen LogP contribution in [0.25, 0.3) is 11.3 Å². The molecule has 1 aromatic heterocycles. The number of aromatic amines is 1. The number of nitriles is 1. The zero-order valence-electron chi connectivity index (χ0n) is 18.3. The molecule has 0 spiro atoms. The van der Waals surface area contributed by atoms with Crippen LogP contribution in [0.2, 0.25) is 0 Å². The van der Waals surface area contributed by atoms with Crippen LogP contribution in [0.3, 0.4) is 0 Å². The molecule has 0 fully saturated rings. The van der Waals surface area contributed by atoms with Crippen LogP contribution in [0.1, 0.15) is 43.4 Å². The Balaban J connectivity index is 1.78. The largest absolute Gasteiger partial charge is 0.420 e. The number of amides is 1. The van der Waals surface area contributed by atoms with Gasteiger partial charge in [0.15, 0.2) is 0 Å². The topological polar surface area (TPSA) is 117 Å². The monoisotopic (exact) mass is 427 g/mol. The summed E-state index contributed by atoms with van der Waals surface area (Å²) in [4.78, 5) is 11.3. The van der Waals surface area contributed by atoms with Crippen molar-refractivity contribution in [3.8, 4) is 23.2 Å². The smallest absolute Gasteiger partial charge is 0.244 e. The highest BCUT2D eigenvalue weighted by Crippen LogP contribution is 2.45. The highest BCUT2D eigenvalue weighted by Gasteiger charge is 2.35. The maximum atomic E-state index is 11.3. The molecule has 2 aromatic carbocycles. The molecule has 1 aliphatic rings. The molecule has 2 heterocycles. The highest BCUT2D eigenvalue weighted by molar-refractivity contribution is 5.88. The number of ether oxygens (including phenoxy) is 1. The molecule has 1 atom stereocenters. The number of hydrogen-bond acceptors (Lipinski definition) is 5. The van der Waals surface area contributed by atoms with Crippen molar-refractivity contribution in [1.29, 1.82) is 5.26 Å². The lowest BCUT2D eigenvalue weighted by molar-refractivity contribution is -0.114. The number of allylic oxidation sites excluding steroid dienone is 1.